The molecule has 1 aromatic rings. The van der Waals surface area contributed by atoms with Crippen LogP contribution in [0.1, 0.15) is 63.5 Å². The minimum Gasteiger partial charge on any atom is -0.381 e. The van der Waals surface area contributed by atoms with Crippen LogP contribution in [0.4, 0.5) is 0 Å². The first kappa shape index (κ1) is 22.1. The van der Waals surface area contributed by atoms with Crippen LogP contribution >= 0.6 is 0 Å². The fraction of sp³-hybridized carbons (Fsp3) is 0.708. The predicted octanol–water partition coefficient (Wildman–Crippen LogP) is 4.26. The highest BCUT2D eigenvalue weighted by Gasteiger charge is 2.37. The van der Waals surface area contributed by atoms with Crippen LogP contribution in [0.2, 0.25) is 0 Å². The molecule has 0 bridgehead atoms. The maximum absolute atomic E-state index is 6.01. The third kappa shape index (κ3) is 7.00. The lowest BCUT2D eigenvalue weighted by atomic mass is 9.64. The molecule has 2 N–H and O–H groups in total. The molecule has 3 rings (SSSR count). The Labute approximate surface area is 176 Å². The van der Waals surface area contributed by atoms with Gasteiger partial charge in [0.2, 0.25) is 0 Å². The third-order valence-electron chi connectivity index (χ3n) is 6.25. The fourth-order valence-electron chi connectivity index (χ4n) is 4.48. The standard InChI is InChI=1S/C24H39N3O2/c1-19(2)15-24(11-4-12-24)18-27-23(25-3)26-16-20-5-7-21(8-6-20)17-29-22-9-13-28-14-10-22/h5-8,19,22H,4,9-18H2,1-3H3,(H2,25,26,27). The summed E-state index contributed by atoms with van der Waals surface area (Å²) in [4.78, 5) is 4.41. The molecule has 1 heterocycles. The second kappa shape index (κ2) is 11.0. The number of rotatable bonds is 9. The molecule has 2 fully saturated rings. The van der Waals surface area contributed by atoms with E-state index in [1.165, 1.54) is 36.8 Å². The Morgan fingerprint density at radius 1 is 1.14 bits per heavy atom. The molecule has 0 spiro atoms. The first-order chi connectivity index (χ1) is 14.1. The molecule has 1 aromatic carbocycles. The molecule has 0 aromatic heterocycles. The average Bonchev–Trinajstić information content (AvgIpc) is 2.71. The Hall–Kier alpha value is -1.59. The number of nitrogens with one attached hydrogen (secondary N) is 2. The van der Waals surface area contributed by atoms with Crippen LogP contribution in [0.3, 0.4) is 0 Å². The van der Waals surface area contributed by atoms with Crippen LogP contribution in [0, 0.1) is 11.3 Å². The van der Waals surface area contributed by atoms with Gasteiger partial charge in [-0.1, -0.05) is 44.5 Å². The first-order valence-corrected chi connectivity index (χ1v) is 11.3. The van der Waals surface area contributed by atoms with Gasteiger partial charge in [-0.3, -0.25) is 4.99 Å². The van der Waals surface area contributed by atoms with Crippen molar-refractivity contribution < 1.29 is 9.47 Å². The van der Waals surface area contributed by atoms with Gasteiger partial charge in [0.15, 0.2) is 5.96 Å². The Morgan fingerprint density at radius 3 is 2.41 bits per heavy atom. The normalized spacial score (nSPS) is 19.8. The Kier molecular flexibility index (Phi) is 8.37. The van der Waals surface area contributed by atoms with Crippen molar-refractivity contribution in [1.82, 2.24) is 10.6 Å². The van der Waals surface area contributed by atoms with Crippen molar-refractivity contribution >= 4 is 5.96 Å². The van der Waals surface area contributed by atoms with Gasteiger partial charge >= 0.3 is 0 Å². The zero-order valence-electron chi connectivity index (χ0n) is 18.5. The lowest BCUT2D eigenvalue weighted by Gasteiger charge is -2.43. The largest absolute Gasteiger partial charge is 0.381 e. The van der Waals surface area contributed by atoms with E-state index in [4.69, 9.17) is 9.47 Å². The average molecular weight is 402 g/mol. The maximum atomic E-state index is 6.01. The predicted molar refractivity (Wildman–Crippen MR) is 119 cm³/mol. The number of ether oxygens (including phenoxy) is 2. The van der Waals surface area contributed by atoms with Crippen LogP contribution in [0.5, 0.6) is 0 Å². The van der Waals surface area contributed by atoms with Gasteiger partial charge < -0.3 is 20.1 Å². The number of hydrogen-bond donors (Lipinski definition) is 2. The molecule has 0 atom stereocenters. The van der Waals surface area contributed by atoms with E-state index in [0.717, 1.165) is 51.0 Å². The molecule has 0 radical (unpaired) electrons. The summed E-state index contributed by atoms with van der Waals surface area (Å²) < 4.78 is 11.4. The van der Waals surface area contributed by atoms with Crippen LogP contribution in [0.25, 0.3) is 0 Å². The van der Waals surface area contributed by atoms with Crippen LogP contribution in [-0.2, 0) is 22.6 Å². The van der Waals surface area contributed by atoms with Gasteiger partial charge in [0.05, 0.1) is 12.7 Å². The van der Waals surface area contributed by atoms with Gasteiger partial charge in [-0.2, -0.15) is 0 Å². The Morgan fingerprint density at radius 2 is 1.83 bits per heavy atom. The van der Waals surface area contributed by atoms with E-state index in [1.54, 1.807) is 0 Å². The summed E-state index contributed by atoms with van der Waals surface area (Å²) in [6, 6.07) is 8.68. The molecular weight excluding hydrogens is 362 g/mol. The van der Waals surface area contributed by atoms with E-state index in [1.807, 2.05) is 7.05 Å². The van der Waals surface area contributed by atoms with Crippen molar-refractivity contribution in [3.05, 3.63) is 35.4 Å². The molecule has 0 unspecified atom stereocenters. The molecule has 2 aliphatic rings. The lowest BCUT2D eigenvalue weighted by Crippen LogP contribution is -2.46. The van der Waals surface area contributed by atoms with E-state index >= 15 is 0 Å². The molecule has 29 heavy (non-hydrogen) atoms. The fourth-order valence-corrected chi connectivity index (χ4v) is 4.48. The molecule has 162 valence electrons. The van der Waals surface area contributed by atoms with Crippen LogP contribution in [-0.4, -0.2) is 38.9 Å². The Balaban J connectivity index is 1.40. The van der Waals surface area contributed by atoms with Crippen molar-refractivity contribution in [3.8, 4) is 0 Å². The molecular formula is C24H39N3O2. The van der Waals surface area contributed by atoms with Gasteiger partial charge in [0, 0.05) is 33.4 Å². The highest BCUT2D eigenvalue weighted by molar-refractivity contribution is 5.79. The summed E-state index contributed by atoms with van der Waals surface area (Å²) in [6.45, 7) is 8.77. The Bertz CT molecular complexity index is 632. The quantitative estimate of drug-likeness (QED) is 0.479. The zero-order valence-corrected chi connectivity index (χ0v) is 18.5. The summed E-state index contributed by atoms with van der Waals surface area (Å²) in [6.07, 6.45) is 7.70. The van der Waals surface area contributed by atoms with Crippen LogP contribution < -0.4 is 10.6 Å². The minimum atomic E-state index is 0.342. The molecule has 5 heteroatoms. The van der Waals surface area contributed by atoms with Crippen molar-refractivity contribution in [2.45, 2.75) is 71.6 Å². The van der Waals surface area contributed by atoms with E-state index in [2.05, 4.69) is 53.7 Å². The molecule has 1 saturated heterocycles. The van der Waals surface area contributed by atoms with Gasteiger partial charge in [-0.25, -0.2) is 0 Å². The highest BCUT2D eigenvalue weighted by atomic mass is 16.5. The summed E-state index contributed by atoms with van der Waals surface area (Å²) in [7, 11) is 1.85. The number of benzene rings is 1. The van der Waals surface area contributed by atoms with E-state index in [-0.39, 0.29) is 0 Å². The summed E-state index contributed by atoms with van der Waals surface area (Å²) in [5.74, 6) is 1.65. The summed E-state index contributed by atoms with van der Waals surface area (Å²) in [5, 5.41) is 7.02. The third-order valence-corrected chi connectivity index (χ3v) is 6.25. The molecule has 1 aliphatic heterocycles. The van der Waals surface area contributed by atoms with Crippen molar-refractivity contribution in [2.75, 3.05) is 26.8 Å². The molecule has 0 amide bonds. The number of nitrogens with zero attached hydrogens (tertiary/aromatic N) is 1. The first-order valence-electron chi connectivity index (χ1n) is 11.3. The van der Waals surface area contributed by atoms with Gasteiger partial charge in [0.25, 0.3) is 0 Å². The van der Waals surface area contributed by atoms with E-state index < -0.39 is 0 Å². The number of guanidine groups is 1. The minimum absolute atomic E-state index is 0.342. The van der Waals surface area contributed by atoms with Crippen molar-refractivity contribution in [2.24, 2.45) is 16.3 Å². The van der Waals surface area contributed by atoms with Gasteiger partial charge in [0.1, 0.15) is 0 Å². The highest BCUT2D eigenvalue weighted by Crippen LogP contribution is 2.45. The van der Waals surface area contributed by atoms with Crippen molar-refractivity contribution in [1.29, 1.82) is 0 Å². The van der Waals surface area contributed by atoms with Gasteiger partial charge in [-0.15, -0.1) is 0 Å². The monoisotopic (exact) mass is 401 g/mol. The number of aliphatic imine (C=N–C) groups is 1. The second-order valence-corrected chi connectivity index (χ2v) is 9.17. The smallest absolute Gasteiger partial charge is 0.191 e. The van der Waals surface area contributed by atoms with Crippen molar-refractivity contribution in [3.63, 3.8) is 0 Å². The van der Waals surface area contributed by atoms with Gasteiger partial charge in [-0.05, 0) is 54.6 Å². The maximum Gasteiger partial charge on any atom is 0.191 e. The number of hydrogen-bond acceptors (Lipinski definition) is 3. The molecule has 1 saturated carbocycles. The topological polar surface area (TPSA) is 54.9 Å². The van der Waals surface area contributed by atoms with Crippen LogP contribution in [0.15, 0.2) is 29.3 Å². The lowest BCUT2D eigenvalue weighted by molar-refractivity contribution is -0.0390. The second-order valence-electron chi connectivity index (χ2n) is 9.17. The molecule has 5 nitrogen and oxygen atoms in total. The zero-order chi connectivity index (χ0) is 20.5. The summed E-state index contributed by atoms with van der Waals surface area (Å²) in [5.41, 5.74) is 2.95. The van der Waals surface area contributed by atoms with E-state index in [0.29, 0.717) is 18.1 Å². The van der Waals surface area contributed by atoms with E-state index in [9.17, 15) is 0 Å². The SMILES string of the molecule is CN=C(NCc1ccc(COC2CCOCC2)cc1)NCC1(CC(C)C)CCC1. The molecule has 1 aliphatic carbocycles. The summed E-state index contributed by atoms with van der Waals surface area (Å²) >= 11 is 0.